The highest BCUT2D eigenvalue weighted by molar-refractivity contribution is 8.00. The highest BCUT2D eigenvalue weighted by Gasteiger charge is 2.16. The molecule has 8 heteroatoms. The van der Waals surface area contributed by atoms with Gasteiger partial charge in [0, 0.05) is 31.2 Å². The van der Waals surface area contributed by atoms with Crippen LogP contribution in [-0.2, 0) is 10.5 Å². The van der Waals surface area contributed by atoms with Crippen LogP contribution >= 0.6 is 23.1 Å². The summed E-state index contributed by atoms with van der Waals surface area (Å²) in [5.74, 6) is 0.805. The number of thioether (sulfide) groups is 1. The molecule has 0 N–H and O–H groups in total. The molecule has 0 atom stereocenters. The van der Waals surface area contributed by atoms with Gasteiger partial charge in [-0.2, -0.15) is 0 Å². The molecule has 0 aromatic carbocycles. The average Bonchev–Trinajstić information content (AvgIpc) is 3.20. The van der Waals surface area contributed by atoms with Crippen LogP contribution in [0.4, 0.5) is 5.13 Å². The van der Waals surface area contributed by atoms with Crippen molar-refractivity contribution in [2.45, 2.75) is 10.1 Å². The molecule has 1 fully saturated rings. The molecule has 3 aromatic rings. The van der Waals surface area contributed by atoms with E-state index in [1.165, 1.54) is 0 Å². The number of hydrogen-bond acceptors (Lipinski definition) is 7. The van der Waals surface area contributed by atoms with Gasteiger partial charge in [0.1, 0.15) is 5.65 Å². The van der Waals surface area contributed by atoms with Crippen LogP contribution in [0, 0.1) is 0 Å². The fourth-order valence-electron chi connectivity index (χ4n) is 2.34. The average molecular weight is 333 g/mol. The highest BCUT2D eigenvalue weighted by atomic mass is 32.2. The molecule has 4 rings (SSSR count). The number of fused-ring (bicyclic) bond motifs is 1. The molecule has 4 heterocycles. The molecule has 0 aliphatic carbocycles. The number of morpholine rings is 1. The second-order valence-corrected chi connectivity index (χ2v) is 7.12. The Balaban J connectivity index is 1.42. The zero-order valence-electron chi connectivity index (χ0n) is 11.9. The lowest BCUT2D eigenvalue weighted by Gasteiger charge is -2.25. The minimum absolute atomic E-state index is 0.767. The minimum atomic E-state index is 0.767. The maximum Gasteiger partial charge on any atom is 0.209 e. The molecule has 22 heavy (non-hydrogen) atoms. The zero-order valence-corrected chi connectivity index (χ0v) is 13.5. The van der Waals surface area contributed by atoms with E-state index in [9.17, 15) is 0 Å². The number of rotatable bonds is 4. The predicted molar refractivity (Wildman–Crippen MR) is 87.7 cm³/mol. The lowest BCUT2D eigenvalue weighted by atomic mass is 10.5. The van der Waals surface area contributed by atoms with Crippen molar-refractivity contribution in [3.05, 3.63) is 36.3 Å². The molecule has 1 saturated heterocycles. The third kappa shape index (κ3) is 2.94. The van der Waals surface area contributed by atoms with Crippen LogP contribution in [0.2, 0.25) is 0 Å². The van der Waals surface area contributed by atoms with Gasteiger partial charge in [-0.1, -0.05) is 29.2 Å². The van der Waals surface area contributed by atoms with Crippen molar-refractivity contribution >= 4 is 33.9 Å². The topological polar surface area (TPSA) is 55.5 Å². The van der Waals surface area contributed by atoms with Crippen molar-refractivity contribution in [2.75, 3.05) is 31.2 Å². The van der Waals surface area contributed by atoms with E-state index in [0.717, 1.165) is 52.9 Å². The number of hydrogen-bond donors (Lipinski definition) is 0. The molecule has 1 aliphatic rings. The van der Waals surface area contributed by atoms with Crippen LogP contribution in [0.5, 0.6) is 0 Å². The van der Waals surface area contributed by atoms with Crippen molar-refractivity contribution in [1.29, 1.82) is 0 Å². The first-order chi connectivity index (χ1) is 10.9. The molecular weight excluding hydrogens is 318 g/mol. The quantitative estimate of drug-likeness (QED) is 0.683. The molecule has 0 saturated carbocycles. The minimum Gasteiger partial charge on any atom is -0.378 e. The molecule has 1 aliphatic heterocycles. The Morgan fingerprint density at radius 1 is 1.23 bits per heavy atom. The first kappa shape index (κ1) is 14.0. The van der Waals surface area contributed by atoms with Crippen LogP contribution in [0.15, 0.2) is 34.9 Å². The molecule has 114 valence electrons. The van der Waals surface area contributed by atoms with E-state index < -0.39 is 0 Å². The maximum atomic E-state index is 5.36. The number of imidazole rings is 1. The first-order valence-electron chi connectivity index (χ1n) is 7.10. The van der Waals surface area contributed by atoms with Gasteiger partial charge in [0.15, 0.2) is 4.34 Å². The van der Waals surface area contributed by atoms with E-state index in [-0.39, 0.29) is 0 Å². The lowest BCUT2D eigenvalue weighted by Crippen LogP contribution is -2.36. The summed E-state index contributed by atoms with van der Waals surface area (Å²) in [5, 5.41) is 9.55. The maximum absolute atomic E-state index is 5.36. The number of ether oxygens (including phenoxy) is 1. The smallest absolute Gasteiger partial charge is 0.209 e. The summed E-state index contributed by atoms with van der Waals surface area (Å²) < 4.78 is 8.38. The van der Waals surface area contributed by atoms with Gasteiger partial charge >= 0.3 is 0 Å². The van der Waals surface area contributed by atoms with Crippen molar-refractivity contribution in [1.82, 2.24) is 19.6 Å². The van der Waals surface area contributed by atoms with Gasteiger partial charge in [-0.25, -0.2) is 4.98 Å². The molecule has 6 nitrogen and oxygen atoms in total. The van der Waals surface area contributed by atoms with Gasteiger partial charge in [-0.3, -0.25) is 0 Å². The van der Waals surface area contributed by atoms with Gasteiger partial charge in [0.05, 0.1) is 18.9 Å². The normalized spacial score (nSPS) is 15.5. The van der Waals surface area contributed by atoms with E-state index in [4.69, 9.17) is 4.74 Å². The second-order valence-electron chi connectivity index (χ2n) is 4.94. The summed E-state index contributed by atoms with van der Waals surface area (Å²) >= 11 is 3.33. The molecule has 0 spiro atoms. The fourth-order valence-corrected chi connectivity index (χ4v) is 4.11. The predicted octanol–water partition coefficient (Wildman–Crippen LogP) is 2.31. The van der Waals surface area contributed by atoms with Crippen LogP contribution < -0.4 is 4.90 Å². The van der Waals surface area contributed by atoms with Crippen LogP contribution in [-0.4, -0.2) is 45.9 Å². The van der Waals surface area contributed by atoms with Crippen LogP contribution in [0.1, 0.15) is 5.69 Å². The van der Waals surface area contributed by atoms with Crippen molar-refractivity contribution < 1.29 is 4.74 Å². The monoisotopic (exact) mass is 333 g/mol. The third-order valence-corrected chi connectivity index (χ3v) is 5.59. The molecular formula is C14H15N5OS2. The van der Waals surface area contributed by atoms with Crippen LogP contribution in [0.25, 0.3) is 5.65 Å². The van der Waals surface area contributed by atoms with Gasteiger partial charge in [-0.05, 0) is 12.1 Å². The first-order valence-corrected chi connectivity index (χ1v) is 8.90. The lowest BCUT2D eigenvalue weighted by molar-refractivity contribution is 0.122. The largest absolute Gasteiger partial charge is 0.378 e. The second kappa shape index (κ2) is 6.23. The Morgan fingerprint density at radius 3 is 3.00 bits per heavy atom. The number of nitrogens with zero attached hydrogens (tertiary/aromatic N) is 5. The van der Waals surface area contributed by atoms with Gasteiger partial charge in [-0.15, -0.1) is 10.2 Å². The van der Waals surface area contributed by atoms with Crippen molar-refractivity contribution in [3.8, 4) is 0 Å². The highest BCUT2D eigenvalue weighted by Crippen LogP contribution is 2.30. The molecule has 0 amide bonds. The Morgan fingerprint density at radius 2 is 2.14 bits per heavy atom. The Kier molecular flexibility index (Phi) is 3.96. The van der Waals surface area contributed by atoms with E-state index in [2.05, 4.69) is 26.3 Å². The van der Waals surface area contributed by atoms with Gasteiger partial charge in [0.2, 0.25) is 5.13 Å². The number of aromatic nitrogens is 4. The Labute approximate surface area is 136 Å². The van der Waals surface area contributed by atoms with Crippen molar-refractivity contribution in [2.24, 2.45) is 0 Å². The summed E-state index contributed by atoms with van der Waals surface area (Å²) in [6, 6.07) is 6.01. The zero-order chi connectivity index (χ0) is 14.8. The van der Waals surface area contributed by atoms with E-state index >= 15 is 0 Å². The van der Waals surface area contributed by atoms with Gasteiger partial charge in [0.25, 0.3) is 0 Å². The van der Waals surface area contributed by atoms with E-state index in [1.807, 2.05) is 28.8 Å². The Bertz CT molecular complexity index is 732. The molecule has 0 radical (unpaired) electrons. The summed E-state index contributed by atoms with van der Waals surface area (Å²) in [7, 11) is 0. The SMILES string of the molecule is c1ccn2cc(CSc3nnc(N4CCOCC4)s3)nc2c1. The van der Waals surface area contributed by atoms with E-state index in [0.29, 0.717) is 0 Å². The standard InChI is InChI=1S/C14H15N5OS2/c1-2-4-19-9-11(15-12(19)3-1)10-21-14-17-16-13(22-14)18-5-7-20-8-6-18/h1-4,9H,5-8,10H2. The van der Waals surface area contributed by atoms with Crippen LogP contribution in [0.3, 0.4) is 0 Å². The van der Waals surface area contributed by atoms with Crippen molar-refractivity contribution in [3.63, 3.8) is 0 Å². The fraction of sp³-hybridized carbons (Fsp3) is 0.357. The summed E-state index contributed by atoms with van der Waals surface area (Å²) in [6.07, 6.45) is 4.07. The van der Waals surface area contributed by atoms with E-state index in [1.54, 1.807) is 23.1 Å². The Hall–Kier alpha value is -1.64. The third-order valence-electron chi connectivity index (χ3n) is 3.43. The number of anilines is 1. The molecule has 0 bridgehead atoms. The summed E-state index contributed by atoms with van der Waals surface area (Å²) in [5.41, 5.74) is 2.03. The van der Waals surface area contributed by atoms with Gasteiger partial charge < -0.3 is 14.0 Å². The summed E-state index contributed by atoms with van der Waals surface area (Å²) in [4.78, 5) is 6.83. The summed E-state index contributed by atoms with van der Waals surface area (Å²) in [6.45, 7) is 3.32. The molecule has 3 aromatic heterocycles. The molecule has 0 unspecified atom stereocenters. The number of pyridine rings is 1.